The Labute approximate surface area is 208 Å². The Hall–Kier alpha value is -3.26. The van der Waals surface area contributed by atoms with Gasteiger partial charge in [-0.1, -0.05) is 12.1 Å². The molecule has 0 radical (unpaired) electrons. The molecule has 1 unspecified atom stereocenters. The summed E-state index contributed by atoms with van der Waals surface area (Å²) in [7, 11) is 0. The zero-order chi connectivity index (χ0) is 25.2. The first-order valence-electron chi connectivity index (χ1n) is 12.6. The van der Waals surface area contributed by atoms with E-state index in [1.165, 1.54) is 12.1 Å². The number of nitrogens with zero attached hydrogens (tertiary/aromatic N) is 1. The third-order valence-electron chi connectivity index (χ3n) is 7.87. The Bertz CT molecular complexity index is 1220. The summed E-state index contributed by atoms with van der Waals surface area (Å²) in [6.45, 7) is -0.106. The predicted molar refractivity (Wildman–Crippen MR) is 134 cm³/mol. The number of amides is 2. The number of rotatable bonds is 6. The molecule has 0 bridgehead atoms. The van der Waals surface area contributed by atoms with Crippen LogP contribution in [-0.2, 0) is 9.59 Å². The summed E-state index contributed by atoms with van der Waals surface area (Å²) in [5.41, 5.74) is 8.06. The van der Waals surface area contributed by atoms with Crippen molar-refractivity contribution in [3.8, 4) is 0 Å². The maximum Gasteiger partial charge on any atom is 0.247 e. The lowest BCUT2D eigenvalue weighted by Gasteiger charge is -2.35. The molecule has 3 atom stereocenters. The van der Waals surface area contributed by atoms with Crippen LogP contribution in [0.3, 0.4) is 0 Å². The van der Waals surface area contributed by atoms with Crippen LogP contribution in [0, 0.1) is 17.7 Å². The Balaban J connectivity index is 1.37. The number of fused-ring (bicyclic) bond motifs is 1. The molecule has 1 aromatic heterocycles. The summed E-state index contributed by atoms with van der Waals surface area (Å²) in [6, 6.07) is 12.2. The van der Waals surface area contributed by atoms with Gasteiger partial charge in [-0.05, 0) is 80.0 Å². The molecule has 0 spiro atoms. The molecule has 1 aliphatic heterocycles. The Morgan fingerprint density at radius 2 is 1.81 bits per heavy atom. The average molecular weight is 496 g/mol. The molecule has 36 heavy (non-hydrogen) atoms. The van der Waals surface area contributed by atoms with Crippen molar-refractivity contribution in [1.29, 1.82) is 0 Å². The number of alkyl halides is 1. The number of halogens is 2. The third-order valence-corrected chi connectivity index (χ3v) is 7.87. The topological polar surface area (TPSA) is 88.6 Å². The van der Waals surface area contributed by atoms with Gasteiger partial charge in [0.1, 0.15) is 24.1 Å². The minimum Gasteiger partial charge on any atom is -0.464 e. The third kappa shape index (κ3) is 4.87. The van der Waals surface area contributed by atoms with Crippen molar-refractivity contribution in [2.45, 2.75) is 50.1 Å². The SMILES string of the molecule is NC(CF)C1CCC(C(=O)N2CC[C@@H](c3ccc(F)cc3)[C@H]2C(=O)Nc2ccc3occc3c2)CC1. The molecule has 3 aromatic rings. The predicted octanol–water partition coefficient (Wildman–Crippen LogP) is 5.00. The Kier molecular flexibility index (Phi) is 7.05. The highest BCUT2D eigenvalue weighted by molar-refractivity contribution is 6.00. The van der Waals surface area contributed by atoms with Crippen molar-refractivity contribution in [3.05, 3.63) is 66.2 Å². The van der Waals surface area contributed by atoms with Crippen LogP contribution in [0.25, 0.3) is 11.0 Å². The van der Waals surface area contributed by atoms with E-state index in [0.717, 1.165) is 16.5 Å². The van der Waals surface area contributed by atoms with Gasteiger partial charge in [0.2, 0.25) is 11.8 Å². The highest BCUT2D eigenvalue weighted by Crippen LogP contribution is 2.38. The highest BCUT2D eigenvalue weighted by atomic mass is 19.1. The fraction of sp³-hybridized carbons (Fsp3) is 0.429. The fourth-order valence-corrected chi connectivity index (χ4v) is 5.84. The molecule has 2 fully saturated rings. The monoisotopic (exact) mass is 495 g/mol. The normalized spacial score (nSPS) is 25.1. The molecule has 1 saturated heterocycles. The second-order valence-corrected chi connectivity index (χ2v) is 10.0. The number of anilines is 1. The number of carbonyl (C=O) groups is 2. The molecule has 3 N–H and O–H groups in total. The second-order valence-electron chi connectivity index (χ2n) is 10.0. The van der Waals surface area contributed by atoms with Crippen LogP contribution >= 0.6 is 0 Å². The minimum atomic E-state index is -0.714. The van der Waals surface area contributed by atoms with Crippen LogP contribution < -0.4 is 11.1 Å². The highest BCUT2D eigenvalue weighted by Gasteiger charge is 2.44. The lowest BCUT2D eigenvalue weighted by molar-refractivity contribution is -0.141. The first-order valence-corrected chi connectivity index (χ1v) is 12.6. The number of benzene rings is 2. The zero-order valence-electron chi connectivity index (χ0n) is 20.0. The van der Waals surface area contributed by atoms with Crippen molar-refractivity contribution in [2.24, 2.45) is 17.6 Å². The number of furan rings is 1. The van der Waals surface area contributed by atoms with Crippen molar-refractivity contribution >= 4 is 28.5 Å². The van der Waals surface area contributed by atoms with E-state index in [1.807, 2.05) is 12.1 Å². The number of nitrogens with two attached hydrogens (primary N) is 1. The van der Waals surface area contributed by atoms with Gasteiger partial charge in [0, 0.05) is 35.5 Å². The van der Waals surface area contributed by atoms with Gasteiger partial charge in [0.25, 0.3) is 0 Å². The second kappa shape index (κ2) is 10.4. The first kappa shape index (κ1) is 24.4. The molecule has 5 rings (SSSR count). The summed E-state index contributed by atoms with van der Waals surface area (Å²) in [5.74, 6) is -1.03. The quantitative estimate of drug-likeness (QED) is 0.504. The molecule has 1 aliphatic carbocycles. The standard InChI is InChI=1S/C28H31F2N3O3/c29-16-24(31)18-1-3-19(4-2-18)28(35)33-13-11-23(17-5-7-21(30)8-6-17)26(33)27(34)32-22-9-10-25-20(15-22)12-14-36-25/h5-10,12,14-15,18-19,23-24,26H,1-4,11,13,16,31H2,(H,32,34)/t18?,19?,23-,24?,26-/m0/s1. The Morgan fingerprint density at radius 1 is 1.06 bits per heavy atom. The smallest absolute Gasteiger partial charge is 0.247 e. The number of nitrogens with one attached hydrogen (secondary N) is 1. The van der Waals surface area contributed by atoms with Crippen molar-refractivity contribution in [3.63, 3.8) is 0 Å². The molecular formula is C28H31F2N3O3. The van der Waals surface area contributed by atoms with Crippen LogP contribution in [0.1, 0.15) is 43.6 Å². The molecular weight excluding hydrogens is 464 g/mol. The summed E-state index contributed by atoms with van der Waals surface area (Å²) >= 11 is 0. The van der Waals surface area contributed by atoms with E-state index in [9.17, 15) is 18.4 Å². The van der Waals surface area contributed by atoms with Crippen LogP contribution in [0.2, 0.25) is 0 Å². The number of carbonyl (C=O) groups excluding carboxylic acids is 2. The number of hydrogen-bond donors (Lipinski definition) is 2. The molecule has 2 heterocycles. The van der Waals surface area contributed by atoms with E-state index in [4.69, 9.17) is 10.2 Å². The van der Waals surface area contributed by atoms with Gasteiger partial charge >= 0.3 is 0 Å². The summed E-state index contributed by atoms with van der Waals surface area (Å²) in [4.78, 5) is 29.0. The first-order chi connectivity index (χ1) is 17.4. The summed E-state index contributed by atoms with van der Waals surface area (Å²) < 4.78 is 32.0. The lowest BCUT2D eigenvalue weighted by Crippen LogP contribution is -2.48. The van der Waals surface area contributed by atoms with Gasteiger partial charge in [-0.2, -0.15) is 0 Å². The van der Waals surface area contributed by atoms with Gasteiger partial charge in [0.05, 0.1) is 6.26 Å². The van der Waals surface area contributed by atoms with E-state index in [2.05, 4.69) is 5.32 Å². The van der Waals surface area contributed by atoms with E-state index in [-0.39, 0.29) is 35.4 Å². The van der Waals surface area contributed by atoms with Gasteiger partial charge in [0.15, 0.2) is 0 Å². The molecule has 190 valence electrons. The molecule has 1 saturated carbocycles. The molecule has 6 nitrogen and oxygen atoms in total. The maximum atomic E-state index is 13.7. The van der Waals surface area contributed by atoms with E-state index in [0.29, 0.717) is 44.3 Å². The zero-order valence-corrected chi connectivity index (χ0v) is 20.0. The van der Waals surface area contributed by atoms with Gasteiger partial charge in [-0.3, -0.25) is 9.59 Å². The van der Waals surface area contributed by atoms with E-state index >= 15 is 0 Å². The van der Waals surface area contributed by atoms with Crippen LogP contribution in [0.4, 0.5) is 14.5 Å². The summed E-state index contributed by atoms with van der Waals surface area (Å²) in [6.07, 6.45) is 4.89. The number of hydrogen-bond acceptors (Lipinski definition) is 4. The fourth-order valence-electron chi connectivity index (χ4n) is 5.84. The van der Waals surface area contributed by atoms with Gasteiger partial charge in [-0.15, -0.1) is 0 Å². The minimum absolute atomic E-state index is 0.0441. The molecule has 2 amide bonds. The van der Waals surface area contributed by atoms with Crippen LogP contribution in [0.5, 0.6) is 0 Å². The summed E-state index contributed by atoms with van der Waals surface area (Å²) in [5, 5.41) is 3.85. The van der Waals surface area contributed by atoms with Crippen molar-refractivity contribution in [1.82, 2.24) is 4.90 Å². The molecule has 8 heteroatoms. The lowest BCUT2D eigenvalue weighted by atomic mass is 9.78. The van der Waals surface area contributed by atoms with Crippen LogP contribution in [-0.4, -0.2) is 42.0 Å². The van der Waals surface area contributed by atoms with Gasteiger partial charge in [-0.25, -0.2) is 8.78 Å². The van der Waals surface area contributed by atoms with Crippen LogP contribution in [0.15, 0.2) is 59.2 Å². The molecule has 2 aliphatic rings. The van der Waals surface area contributed by atoms with E-state index in [1.54, 1.807) is 35.4 Å². The Morgan fingerprint density at radius 3 is 2.53 bits per heavy atom. The van der Waals surface area contributed by atoms with E-state index < -0.39 is 18.8 Å². The van der Waals surface area contributed by atoms with Crippen molar-refractivity contribution in [2.75, 3.05) is 18.5 Å². The largest absolute Gasteiger partial charge is 0.464 e. The number of likely N-dealkylation sites (tertiary alicyclic amines) is 1. The van der Waals surface area contributed by atoms with Crippen molar-refractivity contribution < 1.29 is 22.8 Å². The average Bonchev–Trinajstić information content (AvgIpc) is 3.55. The molecule has 2 aromatic carbocycles. The maximum absolute atomic E-state index is 13.7. The van der Waals surface area contributed by atoms with Gasteiger partial charge < -0.3 is 20.4 Å².